The third-order valence-electron chi connectivity index (χ3n) is 1.49. The molecule has 0 unspecified atom stereocenters. The highest BCUT2D eigenvalue weighted by molar-refractivity contribution is 5.93. The van der Waals surface area contributed by atoms with Gasteiger partial charge in [-0.15, -0.1) is 0 Å². The van der Waals surface area contributed by atoms with E-state index in [-0.39, 0.29) is 18.0 Å². The molecule has 0 heterocycles. The molecule has 1 aromatic rings. The maximum absolute atomic E-state index is 9.87. The van der Waals surface area contributed by atoms with Gasteiger partial charge in [-0.2, -0.15) is 0 Å². The predicted octanol–water partition coefficient (Wildman–Crippen LogP) is 1.45. The molecule has 0 aliphatic heterocycles. The minimum absolute atomic E-state index is 0.181. The number of aromatic hydroxyl groups is 1. The second-order valence-corrected chi connectivity index (χ2v) is 2.94. The minimum atomic E-state index is -1.06. The zero-order valence-electron chi connectivity index (χ0n) is 9.14. The number of methoxy groups -OCH3 is 1. The SMILES string of the molecule is CC(=O)CC(=O)O.COc1ccccc1O. The van der Waals surface area contributed by atoms with E-state index in [9.17, 15) is 9.59 Å². The van der Waals surface area contributed by atoms with Crippen LogP contribution in [0.5, 0.6) is 11.5 Å². The number of benzene rings is 1. The predicted molar refractivity (Wildman–Crippen MR) is 57.6 cm³/mol. The van der Waals surface area contributed by atoms with Crippen LogP contribution < -0.4 is 4.74 Å². The summed E-state index contributed by atoms with van der Waals surface area (Å²) in [4.78, 5) is 19.5. The van der Waals surface area contributed by atoms with Gasteiger partial charge in [-0.25, -0.2) is 0 Å². The van der Waals surface area contributed by atoms with E-state index in [1.54, 1.807) is 24.3 Å². The lowest BCUT2D eigenvalue weighted by molar-refractivity contribution is -0.139. The van der Waals surface area contributed by atoms with Crippen molar-refractivity contribution in [3.8, 4) is 11.5 Å². The molecule has 2 N–H and O–H groups in total. The van der Waals surface area contributed by atoms with Crippen molar-refractivity contribution in [2.75, 3.05) is 7.11 Å². The smallest absolute Gasteiger partial charge is 0.310 e. The molecular formula is C11H14O5. The number of hydrogen-bond donors (Lipinski definition) is 2. The molecule has 0 aromatic heterocycles. The standard InChI is InChI=1S/C7H8O2.C4H6O3/c1-9-7-5-3-2-4-6(7)8;1-3(5)2-4(6)7/h2-5,8H,1H3;2H2,1H3,(H,6,7). The van der Waals surface area contributed by atoms with Crippen molar-refractivity contribution in [3.05, 3.63) is 24.3 Å². The Hall–Kier alpha value is -2.04. The van der Waals surface area contributed by atoms with Crippen molar-refractivity contribution >= 4 is 11.8 Å². The molecule has 88 valence electrons. The number of ether oxygens (including phenoxy) is 1. The Balaban J connectivity index is 0.000000293. The molecule has 0 aliphatic rings. The zero-order valence-corrected chi connectivity index (χ0v) is 9.14. The first-order valence-corrected chi connectivity index (χ1v) is 4.50. The number of carbonyl (C=O) groups excluding carboxylic acids is 1. The van der Waals surface area contributed by atoms with E-state index < -0.39 is 5.97 Å². The summed E-state index contributed by atoms with van der Waals surface area (Å²) in [6.07, 6.45) is -0.361. The highest BCUT2D eigenvalue weighted by atomic mass is 16.5. The van der Waals surface area contributed by atoms with Crippen molar-refractivity contribution in [1.29, 1.82) is 0 Å². The van der Waals surface area contributed by atoms with Gasteiger partial charge in [0, 0.05) is 0 Å². The van der Waals surface area contributed by atoms with Gasteiger partial charge in [0.2, 0.25) is 0 Å². The number of para-hydroxylation sites is 2. The quantitative estimate of drug-likeness (QED) is 0.762. The van der Waals surface area contributed by atoms with E-state index in [4.69, 9.17) is 14.9 Å². The maximum Gasteiger partial charge on any atom is 0.310 e. The number of ketones is 1. The topological polar surface area (TPSA) is 83.8 Å². The molecule has 5 heteroatoms. The van der Waals surface area contributed by atoms with Crippen LogP contribution in [0.1, 0.15) is 13.3 Å². The second-order valence-electron chi connectivity index (χ2n) is 2.94. The molecule has 0 saturated heterocycles. The average molecular weight is 226 g/mol. The van der Waals surface area contributed by atoms with Gasteiger partial charge in [0.15, 0.2) is 11.5 Å². The fourth-order valence-electron chi connectivity index (χ4n) is 0.843. The molecule has 0 atom stereocenters. The lowest BCUT2D eigenvalue weighted by Crippen LogP contribution is -2.00. The lowest BCUT2D eigenvalue weighted by atomic mass is 10.3. The van der Waals surface area contributed by atoms with Gasteiger partial charge in [-0.1, -0.05) is 12.1 Å². The summed E-state index contributed by atoms with van der Waals surface area (Å²) in [5.74, 6) is -0.683. The number of phenols is 1. The van der Waals surface area contributed by atoms with Crippen molar-refractivity contribution < 1.29 is 24.5 Å². The number of carboxylic acids is 1. The molecule has 5 nitrogen and oxygen atoms in total. The fourth-order valence-corrected chi connectivity index (χ4v) is 0.843. The van der Waals surface area contributed by atoms with E-state index >= 15 is 0 Å². The number of hydrogen-bond acceptors (Lipinski definition) is 4. The van der Waals surface area contributed by atoms with Crippen molar-refractivity contribution in [2.24, 2.45) is 0 Å². The van der Waals surface area contributed by atoms with Crippen LogP contribution in [-0.4, -0.2) is 29.1 Å². The highest BCUT2D eigenvalue weighted by Crippen LogP contribution is 2.22. The van der Waals surface area contributed by atoms with Gasteiger partial charge in [0.05, 0.1) is 7.11 Å². The highest BCUT2D eigenvalue weighted by Gasteiger charge is 1.98. The summed E-state index contributed by atoms with van der Waals surface area (Å²) in [6.45, 7) is 1.24. The number of phenolic OH excluding ortho intramolecular Hbond substituents is 1. The molecule has 0 fully saturated rings. The Kier molecular flexibility index (Phi) is 6.35. The molecule has 0 radical (unpaired) electrons. The van der Waals surface area contributed by atoms with Gasteiger partial charge in [-0.05, 0) is 19.1 Å². The number of carbonyl (C=O) groups is 2. The minimum Gasteiger partial charge on any atom is -0.504 e. The van der Waals surface area contributed by atoms with E-state index in [1.165, 1.54) is 14.0 Å². The number of Topliss-reactive ketones (excluding diaryl/α,β-unsaturated/α-hetero) is 1. The monoisotopic (exact) mass is 226 g/mol. The Morgan fingerprint density at radius 1 is 1.31 bits per heavy atom. The van der Waals surface area contributed by atoms with Gasteiger partial charge in [-0.3, -0.25) is 9.59 Å². The van der Waals surface area contributed by atoms with Crippen LogP contribution >= 0.6 is 0 Å². The van der Waals surface area contributed by atoms with Crippen LogP contribution in [0.15, 0.2) is 24.3 Å². The Labute approximate surface area is 93.3 Å². The number of aliphatic carboxylic acids is 1. The second kappa shape index (κ2) is 7.28. The summed E-state index contributed by atoms with van der Waals surface area (Å²) in [7, 11) is 1.52. The van der Waals surface area contributed by atoms with Crippen LogP contribution in [0.3, 0.4) is 0 Å². The zero-order chi connectivity index (χ0) is 12.6. The fraction of sp³-hybridized carbons (Fsp3) is 0.273. The van der Waals surface area contributed by atoms with Gasteiger partial charge >= 0.3 is 5.97 Å². The number of carboxylic acid groups (broad SMARTS) is 1. The molecule has 16 heavy (non-hydrogen) atoms. The van der Waals surface area contributed by atoms with Crippen LogP contribution in [0.25, 0.3) is 0 Å². The first kappa shape index (κ1) is 14.0. The van der Waals surface area contributed by atoms with Gasteiger partial charge in [0.25, 0.3) is 0 Å². The van der Waals surface area contributed by atoms with E-state index in [0.29, 0.717) is 5.75 Å². The third kappa shape index (κ3) is 6.42. The summed E-state index contributed by atoms with van der Waals surface area (Å²) < 4.78 is 4.79. The van der Waals surface area contributed by atoms with Crippen LogP contribution in [0.4, 0.5) is 0 Å². The summed E-state index contributed by atoms with van der Waals surface area (Å²) in [6, 6.07) is 6.84. The van der Waals surface area contributed by atoms with Crippen LogP contribution in [0, 0.1) is 0 Å². The molecule has 0 saturated carbocycles. The van der Waals surface area contributed by atoms with Crippen molar-refractivity contribution in [2.45, 2.75) is 13.3 Å². The largest absolute Gasteiger partial charge is 0.504 e. The van der Waals surface area contributed by atoms with Gasteiger partial charge in [0.1, 0.15) is 12.2 Å². The van der Waals surface area contributed by atoms with E-state index in [2.05, 4.69) is 0 Å². The lowest BCUT2D eigenvalue weighted by Gasteiger charge is -1.99. The molecule has 1 aromatic carbocycles. The van der Waals surface area contributed by atoms with Crippen molar-refractivity contribution in [1.82, 2.24) is 0 Å². The molecule has 0 bridgehead atoms. The summed E-state index contributed by atoms with van der Waals surface area (Å²) in [5, 5.41) is 16.8. The maximum atomic E-state index is 9.87. The average Bonchev–Trinajstić information content (AvgIpc) is 2.17. The van der Waals surface area contributed by atoms with E-state index in [1.807, 2.05) is 0 Å². The molecule has 0 aliphatic carbocycles. The molecule has 1 rings (SSSR count). The first-order valence-electron chi connectivity index (χ1n) is 4.50. The van der Waals surface area contributed by atoms with Gasteiger partial charge < -0.3 is 14.9 Å². The van der Waals surface area contributed by atoms with Crippen LogP contribution in [-0.2, 0) is 9.59 Å². The number of rotatable bonds is 3. The Bertz CT molecular complexity index is 347. The Morgan fingerprint density at radius 3 is 2.12 bits per heavy atom. The third-order valence-corrected chi connectivity index (χ3v) is 1.49. The first-order chi connectivity index (χ1) is 7.47. The Morgan fingerprint density at radius 2 is 1.88 bits per heavy atom. The normalized spacial score (nSPS) is 8.62. The molecule has 0 spiro atoms. The summed E-state index contributed by atoms with van der Waals surface area (Å²) in [5.41, 5.74) is 0. The molecule has 0 amide bonds. The molecular weight excluding hydrogens is 212 g/mol. The summed E-state index contributed by atoms with van der Waals surface area (Å²) >= 11 is 0. The van der Waals surface area contributed by atoms with Crippen LogP contribution in [0.2, 0.25) is 0 Å². The van der Waals surface area contributed by atoms with E-state index in [0.717, 1.165) is 0 Å². The van der Waals surface area contributed by atoms with Crippen molar-refractivity contribution in [3.63, 3.8) is 0 Å².